The minimum absolute atomic E-state index is 0.123. The van der Waals surface area contributed by atoms with Gasteiger partial charge in [0.2, 0.25) is 0 Å². The topological polar surface area (TPSA) is 69.7 Å². The summed E-state index contributed by atoms with van der Waals surface area (Å²) < 4.78 is 11.0. The molecule has 0 aliphatic heterocycles. The maximum atomic E-state index is 12.6. The lowest BCUT2D eigenvalue weighted by atomic mass is 10.1. The van der Waals surface area contributed by atoms with E-state index >= 15 is 0 Å². The Labute approximate surface area is 207 Å². The zero-order valence-electron chi connectivity index (χ0n) is 20.6. The van der Waals surface area contributed by atoms with Crippen LogP contribution in [-0.2, 0) is 12.8 Å². The Morgan fingerprint density at radius 1 is 0.657 bits per heavy atom. The van der Waals surface area contributed by atoms with Crippen molar-refractivity contribution < 1.29 is 23.9 Å². The number of rotatable bonds is 11. The summed E-state index contributed by atoms with van der Waals surface area (Å²) in [5, 5.41) is 0. The Morgan fingerprint density at radius 3 is 1.60 bits per heavy atom. The number of Topliss-reactive ketones (excluding diaryl/α,β-unsaturated/α-hetero) is 1. The summed E-state index contributed by atoms with van der Waals surface area (Å²) in [6, 6.07) is 19.0. The average molecular weight is 473 g/mol. The molecule has 0 unspecified atom stereocenters. The molecule has 3 aromatic rings. The van der Waals surface area contributed by atoms with Gasteiger partial charge in [0.25, 0.3) is 0 Å². The Kier molecular flexibility index (Phi) is 9.36. The van der Waals surface area contributed by atoms with Crippen molar-refractivity contribution in [3.63, 3.8) is 0 Å². The van der Waals surface area contributed by atoms with Crippen molar-refractivity contribution in [2.45, 2.75) is 59.3 Å². The van der Waals surface area contributed by atoms with E-state index in [-0.39, 0.29) is 22.8 Å². The maximum absolute atomic E-state index is 12.6. The molecule has 0 aromatic heterocycles. The number of benzene rings is 3. The maximum Gasteiger partial charge on any atom is 0.343 e. The third-order valence-electron chi connectivity index (χ3n) is 5.76. The lowest BCUT2D eigenvalue weighted by molar-refractivity contribution is 0.0716. The molecule has 5 heteroatoms. The van der Waals surface area contributed by atoms with Crippen LogP contribution < -0.4 is 9.47 Å². The number of hydrogen-bond donors (Lipinski definition) is 0. The first kappa shape index (κ1) is 25.9. The molecule has 5 nitrogen and oxygen atoms in total. The minimum atomic E-state index is -0.553. The van der Waals surface area contributed by atoms with Gasteiger partial charge >= 0.3 is 11.9 Å². The van der Waals surface area contributed by atoms with Crippen LogP contribution in [0.2, 0.25) is 0 Å². The fourth-order valence-electron chi connectivity index (χ4n) is 3.64. The van der Waals surface area contributed by atoms with Gasteiger partial charge in [-0.05, 0) is 86.2 Å². The van der Waals surface area contributed by atoms with E-state index in [1.54, 1.807) is 24.3 Å². The summed E-state index contributed by atoms with van der Waals surface area (Å²) in [7, 11) is 0. The number of carbonyl (C=O) groups is 3. The molecule has 3 aromatic carbocycles. The van der Waals surface area contributed by atoms with E-state index in [1.807, 2.05) is 24.3 Å². The van der Waals surface area contributed by atoms with Crippen molar-refractivity contribution in [3.8, 4) is 11.5 Å². The molecule has 0 saturated carbocycles. The van der Waals surface area contributed by atoms with Gasteiger partial charge < -0.3 is 9.47 Å². The van der Waals surface area contributed by atoms with Gasteiger partial charge in [0.05, 0.1) is 16.7 Å². The highest BCUT2D eigenvalue weighted by Gasteiger charge is 2.17. The molecule has 0 radical (unpaired) electrons. The van der Waals surface area contributed by atoms with E-state index in [0.29, 0.717) is 11.1 Å². The molecule has 0 amide bonds. The molecule has 0 fully saturated rings. The van der Waals surface area contributed by atoms with Gasteiger partial charge in [-0.1, -0.05) is 51.0 Å². The summed E-state index contributed by atoms with van der Waals surface area (Å²) in [6.45, 7) is 5.64. The van der Waals surface area contributed by atoms with Gasteiger partial charge in [0, 0.05) is 0 Å². The third-order valence-corrected chi connectivity index (χ3v) is 5.76. The highest BCUT2D eigenvalue weighted by molar-refractivity contribution is 5.99. The number of ether oxygens (including phenoxy) is 2. The van der Waals surface area contributed by atoms with Crippen LogP contribution in [0, 0.1) is 0 Å². The number of unbranched alkanes of at least 4 members (excludes halogenated alkanes) is 2. The van der Waals surface area contributed by atoms with Crippen LogP contribution in [0.25, 0.3) is 0 Å². The van der Waals surface area contributed by atoms with E-state index in [1.165, 1.54) is 30.7 Å². The first-order valence-electron chi connectivity index (χ1n) is 12.2. The van der Waals surface area contributed by atoms with Gasteiger partial charge in [-0.3, -0.25) is 4.79 Å². The second-order valence-corrected chi connectivity index (χ2v) is 8.59. The van der Waals surface area contributed by atoms with E-state index in [9.17, 15) is 14.4 Å². The second-order valence-electron chi connectivity index (χ2n) is 8.59. The van der Waals surface area contributed by atoms with Crippen LogP contribution in [0.3, 0.4) is 0 Å². The highest BCUT2D eigenvalue weighted by atomic mass is 16.5. The van der Waals surface area contributed by atoms with E-state index < -0.39 is 11.9 Å². The molecule has 0 aliphatic rings. The predicted octanol–water partition coefficient (Wildman–Crippen LogP) is 7.01. The molecule has 182 valence electrons. The lowest BCUT2D eigenvalue weighted by Crippen LogP contribution is -2.12. The van der Waals surface area contributed by atoms with Crippen molar-refractivity contribution in [3.05, 3.63) is 94.5 Å². The van der Waals surface area contributed by atoms with Crippen LogP contribution in [0.5, 0.6) is 11.5 Å². The molecule has 0 spiro atoms. The summed E-state index contributed by atoms with van der Waals surface area (Å²) >= 11 is 0. The fraction of sp³-hybridized carbons (Fsp3) is 0.300. The first-order valence-corrected chi connectivity index (χ1v) is 12.2. The third kappa shape index (κ3) is 7.38. The van der Waals surface area contributed by atoms with Crippen LogP contribution in [0.1, 0.15) is 88.7 Å². The number of esters is 2. The molecule has 0 N–H and O–H groups in total. The van der Waals surface area contributed by atoms with Crippen LogP contribution >= 0.6 is 0 Å². The quantitative estimate of drug-likeness (QED) is 0.170. The van der Waals surface area contributed by atoms with Crippen molar-refractivity contribution in [2.75, 3.05) is 0 Å². The van der Waals surface area contributed by atoms with Crippen LogP contribution in [0.4, 0.5) is 0 Å². The molecule has 3 rings (SSSR count). The largest absolute Gasteiger partial charge is 0.423 e. The SMILES string of the molecule is CCCCc1ccc(C(=O)Oc2ccc(OC(=O)c3ccc(CCCC)cc3)c(C(C)=O)c2)cc1. The van der Waals surface area contributed by atoms with Gasteiger partial charge in [0.1, 0.15) is 11.5 Å². The van der Waals surface area contributed by atoms with E-state index in [2.05, 4.69) is 13.8 Å². The fourth-order valence-corrected chi connectivity index (χ4v) is 3.64. The van der Waals surface area contributed by atoms with E-state index in [0.717, 1.165) is 44.1 Å². The molecule has 0 heterocycles. The zero-order valence-corrected chi connectivity index (χ0v) is 20.6. The smallest absolute Gasteiger partial charge is 0.343 e. The summed E-state index contributed by atoms with van der Waals surface area (Å²) in [5.74, 6) is -1.05. The number of ketones is 1. The molecular formula is C30H32O5. The van der Waals surface area contributed by atoms with Gasteiger partial charge in [-0.2, -0.15) is 0 Å². The van der Waals surface area contributed by atoms with Gasteiger partial charge in [-0.15, -0.1) is 0 Å². The number of hydrogen-bond acceptors (Lipinski definition) is 5. The first-order chi connectivity index (χ1) is 16.9. The Bertz CT molecular complexity index is 1160. The summed E-state index contributed by atoms with van der Waals surface area (Å²) in [4.78, 5) is 37.4. The summed E-state index contributed by atoms with van der Waals surface area (Å²) in [6.07, 6.45) is 6.33. The molecule has 35 heavy (non-hydrogen) atoms. The molecule has 0 bridgehead atoms. The monoisotopic (exact) mass is 472 g/mol. The van der Waals surface area contributed by atoms with Gasteiger partial charge in [0.15, 0.2) is 5.78 Å². The molecule has 0 saturated heterocycles. The van der Waals surface area contributed by atoms with Crippen LogP contribution in [-0.4, -0.2) is 17.7 Å². The van der Waals surface area contributed by atoms with Crippen molar-refractivity contribution in [1.82, 2.24) is 0 Å². The average Bonchev–Trinajstić information content (AvgIpc) is 2.87. The number of aryl methyl sites for hydroxylation is 2. The Morgan fingerprint density at radius 2 is 1.14 bits per heavy atom. The Balaban J connectivity index is 1.69. The summed E-state index contributed by atoms with van der Waals surface area (Å²) in [5.41, 5.74) is 3.32. The zero-order chi connectivity index (χ0) is 25.2. The molecule has 0 atom stereocenters. The lowest BCUT2D eigenvalue weighted by Gasteiger charge is -2.11. The standard InChI is InChI=1S/C30H32O5/c1-4-6-8-22-10-14-24(15-11-22)29(32)34-26-18-19-28(27(20-26)21(3)31)35-30(33)25-16-12-23(13-17-25)9-7-5-2/h10-20H,4-9H2,1-3H3. The predicted molar refractivity (Wildman–Crippen MR) is 136 cm³/mol. The van der Waals surface area contributed by atoms with Gasteiger partial charge in [-0.25, -0.2) is 9.59 Å². The normalized spacial score (nSPS) is 10.6. The second kappa shape index (κ2) is 12.7. The van der Waals surface area contributed by atoms with Crippen molar-refractivity contribution in [1.29, 1.82) is 0 Å². The minimum Gasteiger partial charge on any atom is -0.423 e. The number of carbonyl (C=O) groups excluding carboxylic acids is 3. The highest BCUT2D eigenvalue weighted by Crippen LogP contribution is 2.26. The molecule has 0 aliphatic carbocycles. The Hall–Kier alpha value is -3.73. The van der Waals surface area contributed by atoms with Crippen molar-refractivity contribution >= 4 is 17.7 Å². The van der Waals surface area contributed by atoms with Crippen molar-refractivity contribution in [2.24, 2.45) is 0 Å². The molecular weight excluding hydrogens is 440 g/mol. The van der Waals surface area contributed by atoms with E-state index in [4.69, 9.17) is 9.47 Å². The van der Waals surface area contributed by atoms with Crippen LogP contribution in [0.15, 0.2) is 66.7 Å².